The van der Waals surface area contributed by atoms with Crippen LogP contribution in [0, 0.1) is 0 Å². The first-order chi connectivity index (χ1) is 9.33. The molecular formula is C17H19NO. The zero-order valence-corrected chi connectivity index (χ0v) is 11.3. The van der Waals surface area contributed by atoms with Crippen LogP contribution in [0.3, 0.4) is 0 Å². The number of anilines is 1. The van der Waals surface area contributed by atoms with E-state index in [2.05, 4.69) is 60.5 Å². The number of benzene rings is 2. The predicted molar refractivity (Wildman–Crippen MR) is 78.8 cm³/mol. The maximum absolute atomic E-state index is 5.66. The van der Waals surface area contributed by atoms with Gasteiger partial charge >= 0.3 is 0 Å². The van der Waals surface area contributed by atoms with Crippen molar-refractivity contribution in [1.82, 2.24) is 0 Å². The number of ether oxygens (including phenoxy) is 1. The SMILES string of the molecule is CN(Cc1ccccc1)c1ccc2c(c1)CCCO2. The third-order valence-corrected chi connectivity index (χ3v) is 3.60. The Labute approximate surface area is 114 Å². The van der Waals surface area contributed by atoms with E-state index in [1.165, 1.54) is 16.8 Å². The zero-order valence-electron chi connectivity index (χ0n) is 11.3. The highest BCUT2D eigenvalue weighted by Crippen LogP contribution is 2.29. The number of fused-ring (bicyclic) bond motifs is 1. The van der Waals surface area contributed by atoms with Gasteiger partial charge < -0.3 is 9.64 Å². The molecule has 0 N–H and O–H groups in total. The summed E-state index contributed by atoms with van der Waals surface area (Å²) in [6, 6.07) is 17.1. The van der Waals surface area contributed by atoms with Crippen LogP contribution in [-0.2, 0) is 13.0 Å². The first-order valence-electron chi connectivity index (χ1n) is 6.84. The molecule has 98 valence electrons. The molecule has 2 nitrogen and oxygen atoms in total. The lowest BCUT2D eigenvalue weighted by molar-refractivity contribution is 0.288. The van der Waals surface area contributed by atoms with Crippen LogP contribution in [0.1, 0.15) is 17.5 Å². The average molecular weight is 253 g/mol. The van der Waals surface area contributed by atoms with Crippen LogP contribution in [0.25, 0.3) is 0 Å². The molecule has 0 radical (unpaired) electrons. The Bertz CT molecular complexity index is 550. The highest BCUT2D eigenvalue weighted by atomic mass is 16.5. The highest BCUT2D eigenvalue weighted by molar-refractivity contribution is 5.53. The van der Waals surface area contributed by atoms with Gasteiger partial charge in [-0.1, -0.05) is 30.3 Å². The first kappa shape index (κ1) is 12.1. The lowest BCUT2D eigenvalue weighted by Gasteiger charge is -2.23. The maximum atomic E-state index is 5.66. The molecule has 0 aliphatic carbocycles. The van der Waals surface area contributed by atoms with E-state index < -0.39 is 0 Å². The molecule has 0 fully saturated rings. The summed E-state index contributed by atoms with van der Waals surface area (Å²) < 4.78 is 5.66. The first-order valence-corrected chi connectivity index (χ1v) is 6.84. The maximum Gasteiger partial charge on any atom is 0.122 e. The fourth-order valence-corrected chi connectivity index (χ4v) is 2.53. The van der Waals surface area contributed by atoms with Gasteiger partial charge in [0.1, 0.15) is 5.75 Å². The third kappa shape index (κ3) is 2.73. The van der Waals surface area contributed by atoms with E-state index in [9.17, 15) is 0 Å². The van der Waals surface area contributed by atoms with E-state index in [4.69, 9.17) is 4.74 Å². The van der Waals surface area contributed by atoms with Crippen molar-refractivity contribution < 1.29 is 4.74 Å². The third-order valence-electron chi connectivity index (χ3n) is 3.60. The van der Waals surface area contributed by atoms with E-state index in [1.54, 1.807) is 0 Å². The molecule has 0 unspecified atom stereocenters. The van der Waals surface area contributed by atoms with E-state index in [0.717, 1.165) is 31.7 Å². The Balaban J connectivity index is 1.78. The molecule has 1 aliphatic heterocycles. The van der Waals surface area contributed by atoms with Gasteiger partial charge in [-0.2, -0.15) is 0 Å². The van der Waals surface area contributed by atoms with Crippen molar-refractivity contribution in [3.63, 3.8) is 0 Å². The second-order valence-corrected chi connectivity index (χ2v) is 5.09. The molecule has 0 amide bonds. The van der Waals surface area contributed by atoms with Gasteiger partial charge in [-0.25, -0.2) is 0 Å². The van der Waals surface area contributed by atoms with Crippen LogP contribution in [0.5, 0.6) is 5.75 Å². The standard InChI is InChI=1S/C17H19NO/c1-18(13-14-6-3-2-4-7-14)16-9-10-17-15(12-16)8-5-11-19-17/h2-4,6-7,9-10,12H,5,8,11,13H2,1H3. The van der Waals surface area contributed by atoms with E-state index in [0.29, 0.717) is 0 Å². The number of aryl methyl sites for hydroxylation is 1. The second-order valence-electron chi connectivity index (χ2n) is 5.09. The molecule has 0 saturated carbocycles. The number of nitrogens with zero attached hydrogens (tertiary/aromatic N) is 1. The highest BCUT2D eigenvalue weighted by Gasteiger charge is 2.12. The molecule has 0 saturated heterocycles. The van der Waals surface area contributed by atoms with Crippen molar-refractivity contribution >= 4 is 5.69 Å². The molecular weight excluding hydrogens is 234 g/mol. The van der Waals surface area contributed by atoms with E-state index in [1.807, 2.05) is 0 Å². The van der Waals surface area contributed by atoms with E-state index >= 15 is 0 Å². The van der Waals surface area contributed by atoms with Gasteiger partial charge in [-0.3, -0.25) is 0 Å². The van der Waals surface area contributed by atoms with Crippen molar-refractivity contribution in [3.8, 4) is 5.75 Å². The fraction of sp³-hybridized carbons (Fsp3) is 0.294. The van der Waals surface area contributed by atoms with Gasteiger partial charge in [0.05, 0.1) is 6.61 Å². The Kier molecular flexibility index (Phi) is 3.41. The average Bonchev–Trinajstić information content (AvgIpc) is 2.48. The number of rotatable bonds is 3. The molecule has 3 rings (SSSR count). The molecule has 2 aromatic rings. The number of hydrogen-bond acceptors (Lipinski definition) is 2. The van der Waals surface area contributed by atoms with Crippen LogP contribution < -0.4 is 9.64 Å². The molecule has 2 heteroatoms. The summed E-state index contributed by atoms with van der Waals surface area (Å²) in [5.41, 5.74) is 3.93. The van der Waals surface area contributed by atoms with Crippen LogP contribution in [0.2, 0.25) is 0 Å². The van der Waals surface area contributed by atoms with Gasteiger partial charge in [-0.15, -0.1) is 0 Å². The Morgan fingerprint density at radius 3 is 2.79 bits per heavy atom. The monoisotopic (exact) mass is 253 g/mol. The smallest absolute Gasteiger partial charge is 0.122 e. The largest absolute Gasteiger partial charge is 0.493 e. The van der Waals surface area contributed by atoms with Crippen molar-refractivity contribution in [2.45, 2.75) is 19.4 Å². The minimum Gasteiger partial charge on any atom is -0.493 e. The normalized spacial score (nSPS) is 13.5. The van der Waals surface area contributed by atoms with Crippen LogP contribution in [0.15, 0.2) is 48.5 Å². The predicted octanol–water partition coefficient (Wildman–Crippen LogP) is 3.65. The molecule has 1 aliphatic rings. The van der Waals surface area contributed by atoms with Crippen LogP contribution in [-0.4, -0.2) is 13.7 Å². The summed E-state index contributed by atoms with van der Waals surface area (Å²) >= 11 is 0. The van der Waals surface area contributed by atoms with Crippen molar-refractivity contribution in [2.75, 3.05) is 18.6 Å². The summed E-state index contributed by atoms with van der Waals surface area (Å²) in [6.45, 7) is 1.78. The summed E-state index contributed by atoms with van der Waals surface area (Å²) in [5.74, 6) is 1.06. The molecule has 0 aromatic heterocycles. The zero-order chi connectivity index (χ0) is 13.1. The van der Waals surface area contributed by atoms with Gasteiger partial charge in [0.2, 0.25) is 0 Å². The molecule has 19 heavy (non-hydrogen) atoms. The van der Waals surface area contributed by atoms with Gasteiger partial charge in [0.15, 0.2) is 0 Å². The summed E-state index contributed by atoms with van der Waals surface area (Å²) in [7, 11) is 2.14. The molecule has 2 aromatic carbocycles. The lowest BCUT2D eigenvalue weighted by atomic mass is 10.1. The quantitative estimate of drug-likeness (QED) is 0.828. The van der Waals surface area contributed by atoms with Crippen molar-refractivity contribution in [3.05, 3.63) is 59.7 Å². The van der Waals surface area contributed by atoms with Crippen molar-refractivity contribution in [2.24, 2.45) is 0 Å². The van der Waals surface area contributed by atoms with Crippen LogP contribution >= 0.6 is 0 Å². The Hall–Kier alpha value is -1.96. The molecule has 0 atom stereocenters. The Morgan fingerprint density at radius 1 is 1.11 bits per heavy atom. The lowest BCUT2D eigenvalue weighted by Crippen LogP contribution is -2.17. The summed E-state index contributed by atoms with van der Waals surface area (Å²) in [4.78, 5) is 2.28. The minimum absolute atomic E-state index is 0.853. The molecule has 0 spiro atoms. The fourth-order valence-electron chi connectivity index (χ4n) is 2.53. The topological polar surface area (TPSA) is 12.5 Å². The number of hydrogen-bond donors (Lipinski definition) is 0. The minimum atomic E-state index is 0.853. The van der Waals surface area contributed by atoms with Gasteiger partial charge in [-0.05, 0) is 42.2 Å². The van der Waals surface area contributed by atoms with Crippen LogP contribution in [0.4, 0.5) is 5.69 Å². The second kappa shape index (κ2) is 5.35. The Morgan fingerprint density at radius 2 is 1.95 bits per heavy atom. The summed E-state index contributed by atoms with van der Waals surface area (Å²) in [6.07, 6.45) is 2.25. The van der Waals surface area contributed by atoms with Gasteiger partial charge in [0, 0.05) is 19.3 Å². The van der Waals surface area contributed by atoms with Gasteiger partial charge in [0.25, 0.3) is 0 Å². The van der Waals surface area contributed by atoms with Crippen molar-refractivity contribution in [1.29, 1.82) is 0 Å². The molecule has 0 bridgehead atoms. The summed E-state index contributed by atoms with van der Waals surface area (Å²) in [5, 5.41) is 0. The molecule has 1 heterocycles. The van der Waals surface area contributed by atoms with E-state index in [-0.39, 0.29) is 0 Å².